The molecule has 1 rings (SSSR count). The predicted octanol–water partition coefficient (Wildman–Crippen LogP) is -2.56. The average Bonchev–Trinajstić information content (AvgIpc) is 2.28. The number of ether oxygens (including phenoxy) is 1. The predicted molar refractivity (Wildman–Crippen MR) is 56.2 cm³/mol. The van der Waals surface area contributed by atoms with Crippen molar-refractivity contribution < 1.29 is 49.0 Å². The number of esters is 1. The molecule has 0 saturated carbocycles. The van der Waals surface area contributed by atoms with Crippen LogP contribution in [0.3, 0.4) is 0 Å². The molecule has 0 aromatic heterocycles. The van der Waals surface area contributed by atoms with E-state index >= 15 is 0 Å². The third-order valence-corrected chi connectivity index (χ3v) is 1.98. The molecule has 0 aliphatic carbocycles. The summed E-state index contributed by atoms with van der Waals surface area (Å²) in [4.78, 5) is 21.9. The van der Waals surface area contributed by atoms with Crippen molar-refractivity contribution >= 4 is 17.5 Å². The van der Waals surface area contributed by atoms with Crippen LogP contribution in [0.15, 0.2) is 30.3 Å². The summed E-state index contributed by atoms with van der Waals surface area (Å²) < 4.78 is 4.20. The summed E-state index contributed by atoms with van der Waals surface area (Å²) in [6.45, 7) is 1.89. The maximum atomic E-state index is 11.5. The first-order chi connectivity index (χ1) is 7.54. The first-order valence-corrected chi connectivity index (χ1v) is 4.62. The zero-order valence-electron chi connectivity index (χ0n) is 10.0. The molecule has 0 atom stereocenters. The van der Waals surface area contributed by atoms with Gasteiger partial charge in [0.15, 0.2) is 0 Å². The molecule has 0 amide bonds. The van der Waals surface area contributed by atoms with Crippen LogP contribution in [0.1, 0.15) is 11.1 Å². The van der Waals surface area contributed by atoms with Crippen molar-refractivity contribution in [1.29, 1.82) is 0 Å². The van der Waals surface area contributed by atoms with Gasteiger partial charge in [0.05, 0.1) is 7.11 Å². The van der Waals surface area contributed by atoms with Gasteiger partial charge >= 0.3 is 35.5 Å². The zero-order valence-corrected chi connectivity index (χ0v) is 12.0. The Morgan fingerprint density at radius 3 is 2.24 bits per heavy atom. The number of carbonyl (C=O) groups excluding carboxylic acids is 2. The van der Waals surface area contributed by atoms with Crippen molar-refractivity contribution in [2.45, 2.75) is 6.92 Å². The minimum Gasteiger partial charge on any atom is -0.872 e. The number of hydrogen-bond donors (Lipinski definition) is 0. The van der Waals surface area contributed by atoms with E-state index in [-0.39, 0.29) is 29.6 Å². The topological polar surface area (TPSA) is 66.4 Å². The standard InChI is InChI=1S/C12H12O4.Na/c1-8-3-5-9(6-4-8)10(13)7-11(14)12(15)16-2;/h3-7,13H,1-2H3;/q;+1/p-1. The fraction of sp³-hybridized carbons (Fsp3) is 0.167. The molecule has 4 nitrogen and oxygen atoms in total. The molecule has 0 N–H and O–H groups in total. The van der Waals surface area contributed by atoms with Crippen molar-refractivity contribution in [3.63, 3.8) is 0 Å². The van der Waals surface area contributed by atoms with Gasteiger partial charge in [-0.25, -0.2) is 4.79 Å². The smallest absolute Gasteiger partial charge is 0.872 e. The van der Waals surface area contributed by atoms with Gasteiger partial charge in [0.25, 0.3) is 5.78 Å². The average molecular weight is 242 g/mol. The quantitative estimate of drug-likeness (QED) is 0.192. The second-order valence-corrected chi connectivity index (χ2v) is 3.23. The fourth-order valence-corrected chi connectivity index (χ4v) is 1.08. The molecule has 0 bridgehead atoms. The molecule has 0 aliphatic heterocycles. The van der Waals surface area contributed by atoms with E-state index in [4.69, 9.17) is 0 Å². The molecular weight excluding hydrogens is 231 g/mol. The Kier molecular flexibility index (Phi) is 6.80. The van der Waals surface area contributed by atoms with Gasteiger partial charge in [-0.2, -0.15) is 0 Å². The normalized spacial score (nSPS) is 10.4. The maximum absolute atomic E-state index is 11.5. The number of carbonyl (C=O) groups is 2. The van der Waals surface area contributed by atoms with Crippen molar-refractivity contribution in [3.05, 3.63) is 41.5 Å². The molecule has 0 saturated heterocycles. The first-order valence-electron chi connectivity index (χ1n) is 4.62. The van der Waals surface area contributed by atoms with Crippen LogP contribution in [0.5, 0.6) is 0 Å². The van der Waals surface area contributed by atoms with Gasteiger partial charge in [-0.1, -0.05) is 35.6 Å². The number of ketones is 1. The molecule has 0 spiro atoms. The monoisotopic (exact) mass is 242 g/mol. The third-order valence-electron chi connectivity index (χ3n) is 1.98. The summed E-state index contributed by atoms with van der Waals surface area (Å²) in [6, 6.07) is 6.70. The summed E-state index contributed by atoms with van der Waals surface area (Å²) in [6.07, 6.45) is 0.733. The van der Waals surface area contributed by atoms with Crippen LogP contribution in [0.25, 0.3) is 5.76 Å². The summed E-state index contributed by atoms with van der Waals surface area (Å²) >= 11 is 0. The molecule has 84 valence electrons. The van der Waals surface area contributed by atoms with Gasteiger partial charge in [-0.05, 0) is 18.6 Å². The molecule has 1 aromatic rings. The van der Waals surface area contributed by atoms with E-state index in [0.29, 0.717) is 5.56 Å². The van der Waals surface area contributed by atoms with Gasteiger partial charge in [0.1, 0.15) is 0 Å². The van der Waals surface area contributed by atoms with Crippen LogP contribution in [-0.2, 0) is 14.3 Å². The Balaban J connectivity index is 0.00000256. The van der Waals surface area contributed by atoms with E-state index in [1.165, 1.54) is 0 Å². The number of aryl methyl sites for hydroxylation is 1. The Labute approximate surface area is 122 Å². The maximum Gasteiger partial charge on any atom is 1.00 e. The van der Waals surface area contributed by atoms with Crippen molar-refractivity contribution in [3.8, 4) is 0 Å². The van der Waals surface area contributed by atoms with Gasteiger partial charge in [0.2, 0.25) is 0 Å². The van der Waals surface area contributed by atoms with Crippen LogP contribution < -0.4 is 34.7 Å². The van der Waals surface area contributed by atoms with Crippen molar-refractivity contribution in [1.82, 2.24) is 0 Å². The second-order valence-electron chi connectivity index (χ2n) is 3.23. The summed E-state index contributed by atoms with van der Waals surface area (Å²) in [5.41, 5.74) is 1.37. The van der Waals surface area contributed by atoms with Gasteiger partial charge in [-0.15, -0.1) is 0 Å². The molecule has 0 aliphatic rings. The van der Waals surface area contributed by atoms with Crippen LogP contribution in [0.2, 0.25) is 0 Å². The Bertz CT molecular complexity index is 434. The fourth-order valence-electron chi connectivity index (χ4n) is 1.08. The molecule has 0 fully saturated rings. The zero-order chi connectivity index (χ0) is 12.1. The van der Waals surface area contributed by atoms with Crippen LogP contribution in [-0.4, -0.2) is 18.9 Å². The molecule has 0 unspecified atom stereocenters. The minimum absolute atomic E-state index is 0. The molecule has 1 aromatic carbocycles. The van der Waals surface area contributed by atoms with E-state index in [9.17, 15) is 14.7 Å². The SMILES string of the molecule is COC(=O)C(=O)C=C([O-])c1ccc(C)cc1.[Na+]. The third kappa shape index (κ3) is 4.73. The Hall–Kier alpha value is -1.10. The second kappa shape index (κ2) is 7.27. The first kappa shape index (κ1) is 15.9. The van der Waals surface area contributed by atoms with E-state index in [1.807, 2.05) is 6.92 Å². The van der Waals surface area contributed by atoms with Gasteiger partial charge < -0.3 is 9.84 Å². The summed E-state index contributed by atoms with van der Waals surface area (Å²) in [5, 5.41) is 11.5. The summed E-state index contributed by atoms with van der Waals surface area (Å²) in [7, 11) is 1.09. The van der Waals surface area contributed by atoms with Crippen LogP contribution >= 0.6 is 0 Å². The molecule has 0 heterocycles. The van der Waals surface area contributed by atoms with E-state index in [1.54, 1.807) is 24.3 Å². The molecule has 17 heavy (non-hydrogen) atoms. The molecule has 0 radical (unpaired) electrons. The van der Waals surface area contributed by atoms with Crippen molar-refractivity contribution in [2.75, 3.05) is 7.11 Å². The minimum atomic E-state index is -1.04. The summed E-state index contributed by atoms with van der Waals surface area (Å²) in [5.74, 6) is -2.50. The number of hydrogen-bond acceptors (Lipinski definition) is 4. The number of methoxy groups -OCH3 is 1. The number of benzene rings is 1. The van der Waals surface area contributed by atoms with E-state index in [0.717, 1.165) is 18.7 Å². The van der Waals surface area contributed by atoms with Crippen molar-refractivity contribution in [2.24, 2.45) is 0 Å². The molecule has 5 heteroatoms. The van der Waals surface area contributed by atoms with Gasteiger partial charge in [-0.3, -0.25) is 4.79 Å². The Morgan fingerprint density at radius 1 is 1.24 bits per heavy atom. The van der Waals surface area contributed by atoms with Crippen LogP contribution in [0.4, 0.5) is 0 Å². The van der Waals surface area contributed by atoms with E-state index in [2.05, 4.69) is 4.74 Å². The van der Waals surface area contributed by atoms with E-state index < -0.39 is 17.5 Å². The number of rotatable bonds is 3. The van der Waals surface area contributed by atoms with Gasteiger partial charge in [0, 0.05) is 0 Å². The Morgan fingerprint density at radius 2 is 1.76 bits per heavy atom. The largest absolute Gasteiger partial charge is 1.00 e. The van der Waals surface area contributed by atoms with Crippen LogP contribution in [0, 0.1) is 6.92 Å². The molecular formula is C12H11NaO4.